The quantitative estimate of drug-likeness (QED) is 0.575. The lowest BCUT2D eigenvalue weighted by atomic mass is 10.2. The summed E-state index contributed by atoms with van der Waals surface area (Å²) in [4.78, 5) is 0. The van der Waals surface area contributed by atoms with Crippen LogP contribution in [0.5, 0.6) is 0 Å². The summed E-state index contributed by atoms with van der Waals surface area (Å²) in [6, 6.07) is 0. The van der Waals surface area contributed by atoms with Gasteiger partial charge in [-0.3, -0.25) is 0 Å². The Morgan fingerprint density at radius 2 is 2.25 bits per heavy atom. The average Bonchev–Trinajstić information content (AvgIpc) is 2.14. The summed E-state index contributed by atoms with van der Waals surface area (Å²) in [5.41, 5.74) is 1.03. The molecule has 1 N–H and O–H groups in total. The summed E-state index contributed by atoms with van der Waals surface area (Å²) in [7, 11) is 0. The van der Waals surface area contributed by atoms with E-state index in [-0.39, 0.29) is 6.61 Å². The highest BCUT2D eigenvalue weighted by Gasteiger charge is 2.09. The van der Waals surface area contributed by atoms with Gasteiger partial charge in [-0.05, 0) is 24.8 Å². The molecule has 0 amide bonds. The van der Waals surface area contributed by atoms with Crippen molar-refractivity contribution in [3.8, 4) is 0 Å². The Labute approximate surface area is 54.0 Å². The minimum Gasteiger partial charge on any atom is -0.392 e. The van der Waals surface area contributed by atoms with E-state index in [1.165, 1.54) is 0 Å². The summed E-state index contributed by atoms with van der Waals surface area (Å²) in [5.74, 6) is 0. The minimum absolute atomic E-state index is 0.152. The molecule has 1 rings (SSSR count). The fourth-order valence-corrected chi connectivity index (χ4v) is 1.22. The largest absolute Gasteiger partial charge is 0.392 e. The van der Waals surface area contributed by atoms with Gasteiger partial charge in [0.25, 0.3) is 0 Å². The third-order valence-corrected chi connectivity index (χ3v) is 1.91. The normalized spacial score (nSPS) is 20.2. The van der Waals surface area contributed by atoms with E-state index in [4.69, 9.17) is 16.7 Å². The van der Waals surface area contributed by atoms with Crippen LogP contribution < -0.4 is 0 Å². The van der Waals surface area contributed by atoms with E-state index in [2.05, 4.69) is 0 Å². The molecule has 8 heavy (non-hydrogen) atoms. The Balaban J connectivity index is 2.58. The lowest BCUT2D eigenvalue weighted by Gasteiger charge is -1.91. The van der Waals surface area contributed by atoms with E-state index in [1.807, 2.05) is 0 Å². The van der Waals surface area contributed by atoms with E-state index in [1.54, 1.807) is 0 Å². The van der Waals surface area contributed by atoms with Gasteiger partial charge in [0, 0.05) is 5.03 Å². The zero-order chi connectivity index (χ0) is 5.98. The van der Waals surface area contributed by atoms with E-state index in [0.29, 0.717) is 0 Å². The van der Waals surface area contributed by atoms with Gasteiger partial charge in [0.15, 0.2) is 0 Å². The Hall–Kier alpha value is -0.0100. The number of halogens is 1. The zero-order valence-electron chi connectivity index (χ0n) is 4.65. The van der Waals surface area contributed by atoms with Crippen molar-refractivity contribution >= 4 is 11.6 Å². The van der Waals surface area contributed by atoms with Crippen molar-refractivity contribution in [2.45, 2.75) is 19.3 Å². The van der Waals surface area contributed by atoms with Crippen molar-refractivity contribution in [2.24, 2.45) is 0 Å². The minimum atomic E-state index is 0.152. The Morgan fingerprint density at radius 1 is 1.50 bits per heavy atom. The second-order valence-corrected chi connectivity index (χ2v) is 2.48. The van der Waals surface area contributed by atoms with Crippen molar-refractivity contribution in [1.82, 2.24) is 0 Å². The monoisotopic (exact) mass is 132 g/mol. The molecule has 1 aliphatic carbocycles. The van der Waals surface area contributed by atoms with Crippen molar-refractivity contribution in [3.63, 3.8) is 0 Å². The van der Waals surface area contributed by atoms with Crippen LogP contribution in [0.2, 0.25) is 0 Å². The second kappa shape index (κ2) is 2.51. The average molecular weight is 133 g/mol. The van der Waals surface area contributed by atoms with E-state index < -0.39 is 0 Å². The fourth-order valence-electron chi connectivity index (χ4n) is 0.934. The molecule has 1 aliphatic rings. The van der Waals surface area contributed by atoms with Crippen LogP contribution in [-0.2, 0) is 0 Å². The van der Waals surface area contributed by atoms with Gasteiger partial charge in [0.2, 0.25) is 0 Å². The molecule has 0 aliphatic heterocycles. The topological polar surface area (TPSA) is 20.2 Å². The first-order valence-corrected chi connectivity index (χ1v) is 3.19. The van der Waals surface area contributed by atoms with Crippen LogP contribution in [0.4, 0.5) is 0 Å². The zero-order valence-corrected chi connectivity index (χ0v) is 5.41. The SMILES string of the molecule is OCC1=C(Cl)CCC1. The van der Waals surface area contributed by atoms with Crippen molar-refractivity contribution in [3.05, 3.63) is 10.6 Å². The van der Waals surface area contributed by atoms with Gasteiger partial charge in [-0.2, -0.15) is 0 Å². The molecule has 2 heteroatoms. The molecule has 0 aromatic carbocycles. The third kappa shape index (κ3) is 1.04. The molecule has 0 saturated carbocycles. The number of aliphatic hydroxyl groups is 1. The summed E-state index contributed by atoms with van der Waals surface area (Å²) in [6.45, 7) is 0.152. The van der Waals surface area contributed by atoms with Gasteiger partial charge in [-0.1, -0.05) is 11.6 Å². The molecule has 0 aromatic rings. The van der Waals surface area contributed by atoms with Gasteiger partial charge in [0.1, 0.15) is 0 Å². The number of rotatable bonds is 1. The maximum absolute atomic E-state index is 8.59. The highest BCUT2D eigenvalue weighted by atomic mass is 35.5. The Bertz CT molecular complexity index is 118. The number of hydrogen-bond donors (Lipinski definition) is 1. The van der Waals surface area contributed by atoms with E-state index >= 15 is 0 Å². The smallest absolute Gasteiger partial charge is 0.0655 e. The van der Waals surface area contributed by atoms with Gasteiger partial charge in [-0.15, -0.1) is 0 Å². The second-order valence-electron chi connectivity index (χ2n) is 2.02. The highest BCUT2D eigenvalue weighted by molar-refractivity contribution is 6.30. The first kappa shape index (κ1) is 6.12. The first-order chi connectivity index (χ1) is 3.84. The van der Waals surface area contributed by atoms with Gasteiger partial charge in [0.05, 0.1) is 6.61 Å². The lowest BCUT2D eigenvalue weighted by Crippen LogP contribution is -1.84. The molecule has 0 unspecified atom stereocenters. The van der Waals surface area contributed by atoms with Crippen LogP contribution in [0.1, 0.15) is 19.3 Å². The van der Waals surface area contributed by atoms with Crippen LogP contribution in [0.15, 0.2) is 10.6 Å². The van der Waals surface area contributed by atoms with Crippen LogP contribution >= 0.6 is 11.6 Å². The summed E-state index contributed by atoms with van der Waals surface area (Å²) in [6.07, 6.45) is 3.08. The van der Waals surface area contributed by atoms with Gasteiger partial charge >= 0.3 is 0 Å². The summed E-state index contributed by atoms with van der Waals surface area (Å²) >= 11 is 5.70. The number of allylic oxidation sites excluding steroid dienone is 1. The Kier molecular flexibility index (Phi) is 1.92. The summed E-state index contributed by atoms with van der Waals surface area (Å²) in [5, 5.41) is 9.48. The molecule has 0 spiro atoms. The van der Waals surface area contributed by atoms with Crippen molar-refractivity contribution in [1.29, 1.82) is 0 Å². The molecule has 0 radical (unpaired) electrons. The molecule has 0 heterocycles. The van der Waals surface area contributed by atoms with Gasteiger partial charge in [-0.25, -0.2) is 0 Å². The molecular weight excluding hydrogens is 124 g/mol. The third-order valence-electron chi connectivity index (χ3n) is 1.45. The van der Waals surface area contributed by atoms with Crippen molar-refractivity contribution in [2.75, 3.05) is 6.61 Å². The molecular formula is C6H9ClO. The molecule has 0 atom stereocenters. The maximum Gasteiger partial charge on any atom is 0.0655 e. The number of hydrogen-bond acceptors (Lipinski definition) is 1. The maximum atomic E-state index is 8.59. The molecule has 0 saturated heterocycles. The van der Waals surface area contributed by atoms with Crippen LogP contribution in [0, 0.1) is 0 Å². The van der Waals surface area contributed by atoms with Crippen LogP contribution in [-0.4, -0.2) is 11.7 Å². The van der Waals surface area contributed by atoms with Crippen LogP contribution in [0.3, 0.4) is 0 Å². The fraction of sp³-hybridized carbons (Fsp3) is 0.667. The first-order valence-electron chi connectivity index (χ1n) is 2.82. The highest BCUT2D eigenvalue weighted by Crippen LogP contribution is 2.27. The molecule has 46 valence electrons. The molecule has 1 nitrogen and oxygen atoms in total. The molecule has 0 bridgehead atoms. The lowest BCUT2D eigenvalue weighted by molar-refractivity contribution is 0.328. The summed E-state index contributed by atoms with van der Waals surface area (Å²) < 4.78 is 0. The predicted molar refractivity (Wildman–Crippen MR) is 33.8 cm³/mol. The van der Waals surface area contributed by atoms with Gasteiger partial charge < -0.3 is 5.11 Å². The Morgan fingerprint density at radius 3 is 2.50 bits per heavy atom. The molecule has 0 aromatic heterocycles. The van der Waals surface area contributed by atoms with E-state index in [9.17, 15) is 0 Å². The van der Waals surface area contributed by atoms with Crippen LogP contribution in [0.25, 0.3) is 0 Å². The standard InChI is InChI=1S/C6H9ClO/c7-6-3-1-2-5(6)4-8/h8H,1-4H2. The van der Waals surface area contributed by atoms with E-state index in [0.717, 1.165) is 29.9 Å². The number of aliphatic hydroxyl groups excluding tert-OH is 1. The predicted octanol–water partition coefficient (Wildman–Crippen LogP) is 1.66. The van der Waals surface area contributed by atoms with Crippen molar-refractivity contribution < 1.29 is 5.11 Å². The molecule has 0 fully saturated rings.